The second-order valence-electron chi connectivity index (χ2n) is 7.19. The van der Waals surface area contributed by atoms with E-state index in [4.69, 9.17) is 4.74 Å². The van der Waals surface area contributed by atoms with Gasteiger partial charge in [0.2, 0.25) is 0 Å². The molecule has 0 spiro atoms. The van der Waals surface area contributed by atoms with Crippen LogP contribution in [0.1, 0.15) is 31.6 Å². The molecule has 1 aromatic carbocycles. The SMILES string of the molecule is COc1ccccc1-c1ccc(=O)n(C2CN(c3ccnc(C(C)C)n3)C2)n1. The molecule has 0 radical (unpaired) electrons. The maximum absolute atomic E-state index is 12.4. The Bertz CT molecular complexity index is 1040. The molecular formula is C21H23N5O2. The fourth-order valence-electron chi connectivity index (χ4n) is 3.30. The zero-order valence-corrected chi connectivity index (χ0v) is 16.2. The zero-order chi connectivity index (χ0) is 19.7. The number of nitrogens with zero attached hydrogens (tertiary/aromatic N) is 5. The van der Waals surface area contributed by atoms with Gasteiger partial charge >= 0.3 is 0 Å². The molecule has 3 aromatic rings. The third kappa shape index (κ3) is 3.35. The topological polar surface area (TPSA) is 73.1 Å². The van der Waals surface area contributed by atoms with E-state index in [1.807, 2.05) is 30.3 Å². The Morgan fingerprint density at radius 1 is 1.11 bits per heavy atom. The molecule has 0 unspecified atom stereocenters. The average molecular weight is 377 g/mol. The molecule has 1 aliphatic heterocycles. The Kier molecular flexibility index (Phi) is 4.81. The summed E-state index contributed by atoms with van der Waals surface area (Å²) in [6, 6.07) is 12.9. The van der Waals surface area contributed by atoms with Crippen LogP contribution in [-0.4, -0.2) is 39.9 Å². The van der Waals surface area contributed by atoms with Gasteiger partial charge in [-0.3, -0.25) is 4.79 Å². The normalized spacial score (nSPS) is 14.2. The highest BCUT2D eigenvalue weighted by atomic mass is 16.5. The molecule has 1 aliphatic rings. The van der Waals surface area contributed by atoms with Crippen molar-refractivity contribution in [3.63, 3.8) is 0 Å². The summed E-state index contributed by atoms with van der Waals surface area (Å²) in [7, 11) is 1.63. The smallest absolute Gasteiger partial charge is 0.267 e. The average Bonchev–Trinajstić information content (AvgIpc) is 2.68. The highest BCUT2D eigenvalue weighted by Crippen LogP contribution is 2.29. The largest absolute Gasteiger partial charge is 0.496 e. The van der Waals surface area contributed by atoms with Crippen molar-refractivity contribution in [2.75, 3.05) is 25.1 Å². The number of rotatable bonds is 5. The first-order chi connectivity index (χ1) is 13.6. The van der Waals surface area contributed by atoms with Crippen LogP contribution in [0.15, 0.2) is 53.5 Å². The molecule has 7 nitrogen and oxygen atoms in total. The lowest BCUT2D eigenvalue weighted by atomic mass is 10.1. The minimum absolute atomic E-state index is 0.0135. The second kappa shape index (κ2) is 7.42. The minimum Gasteiger partial charge on any atom is -0.496 e. The van der Waals surface area contributed by atoms with Gasteiger partial charge in [-0.1, -0.05) is 26.0 Å². The first-order valence-corrected chi connectivity index (χ1v) is 9.38. The summed E-state index contributed by atoms with van der Waals surface area (Å²) in [6.07, 6.45) is 1.79. The van der Waals surface area contributed by atoms with Crippen molar-refractivity contribution < 1.29 is 4.74 Å². The van der Waals surface area contributed by atoms with Gasteiger partial charge in [-0.25, -0.2) is 14.6 Å². The molecule has 0 N–H and O–H groups in total. The van der Waals surface area contributed by atoms with Crippen LogP contribution in [0.3, 0.4) is 0 Å². The Labute approximate surface area is 163 Å². The number of ether oxygens (including phenoxy) is 1. The van der Waals surface area contributed by atoms with Crippen molar-refractivity contribution in [2.24, 2.45) is 0 Å². The quantitative estimate of drug-likeness (QED) is 0.681. The standard InChI is InChI=1S/C21H23N5O2/c1-14(2)21-22-11-10-19(23-21)25-12-15(13-25)26-20(27)9-8-17(24-26)16-6-4-5-7-18(16)28-3/h4-11,14-15H,12-13H2,1-3H3. The van der Waals surface area contributed by atoms with Gasteiger partial charge < -0.3 is 9.64 Å². The number of benzene rings is 1. The molecule has 0 bridgehead atoms. The monoisotopic (exact) mass is 377 g/mol. The lowest BCUT2D eigenvalue weighted by molar-refractivity contribution is 0.352. The second-order valence-corrected chi connectivity index (χ2v) is 7.19. The van der Waals surface area contributed by atoms with Gasteiger partial charge in [0.1, 0.15) is 17.4 Å². The van der Waals surface area contributed by atoms with E-state index in [1.165, 1.54) is 0 Å². The molecule has 3 heterocycles. The lowest BCUT2D eigenvalue weighted by Gasteiger charge is -2.40. The van der Waals surface area contributed by atoms with E-state index in [0.717, 1.165) is 28.6 Å². The van der Waals surface area contributed by atoms with Gasteiger partial charge in [-0.2, -0.15) is 5.10 Å². The molecule has 1 saturated heterocycles. The Hall–Kier alpha value is -3.22. The van der Waals surface area contributed by atoms with Crippen LogP contribution in [0.25, 0.3) is 11.3 Å². The number of methoxy groups -OCH3 is 1. The third-order valence-corrected chi connectivity index (χ3v) is 4.92. The number of aromatic nitrogens is 4. The van der Waals surface area contributed by atoms with E-state index in [9.17, 15) is 4.79 Å². The predicted molar refractivity (Wildman–Crippen MR) is 108 cm³/mol. The van der Waals surface area contributed by atoms with E-state index in [2.05, 4.69) is 33.8 Å². The fourth-order valence-corrected chi connectivity index (χ4v) is 3.30. The summed E-state index contributed by atoms with van der Waals surface area (Å²) >= 11 is 0. The fraction of sp³-hybridized carbons (Fsp3) is 0.333. The third-order valence-electron chi connectivity index (χ3n) is 4.92. The molecule has 0 atom stereocenters. The van der Waals surface area contributed by atoms with E-state index in [1.54, 1.807) is 30.1 Å². The zero-order valence-electron chi connectivity index (χ0n) is 16.2. The van der Waals surface area contributed by atoms with Gasteiger partial charge in [0, 0.05) is 36.8 Å². The molecule has 0 aliphatic carbocycles. The molecule has 1 fully saturated rings. The van der Waals surface area contributed by atoms with Crippen molar-refractivity contribution in [3.8, 4) is 17.0 Å². The lowest BCUT2D eigenvalue weighted by Crippen LogP contribution is -2.51. The summed E-state index contributed by atoms with van der Waals surface area (Å²) in [5.41, 5.74) is 1.49. The number of hydrogen-bond acceptors (Lipinski definition) is 6. The van der Waals surface area contributed by atoms with Crippen molar-refractivity contribution in [3.05, 3.63) is 64.8 Å². The molecule has 2 aromatic heterocycles. The van der Waals surface area contributed by atoms with Crippen molar-refractivity contribution >= 4 is 5.82 Å². The number of hydrogen-bond donors (Lipinski definition) is 0. The molecule has 0 saturated carbocycles. The van der Waals surface area contributed by atoms with Crippen LogP contribution >= 0.6 is 0 Å². The Balaban J connectivity index is 1.57. The molecular weight excluding hydrogens is 354 g/mol. The van der Waals surface area contributed by atoms with Gasteiger partial charge in [-0.15, -0.1) is 0 Å². The Morgan fingerprint density at radius 2 is 1.89 bits per heavy atom. The van der Waals surface area contributed by atoms with Crippen LogP contribution in [0.5, 0.6) is 5.75 Å². The van der Waals surface area contributed by atoms with Crippen LogP contribution in [-0.2, 0) is 0 Å². The highest BCUT2D eigenvalue weighted by molar-refractivity contribution is 5.66. The van der Waals surface area contributed by atoms with Crippen LogP contribution in [0, 0.1) is 0 Å². The highest BCUT2D eigenvalue weighted by Gasteiger charge is 2.31. The molecule has 144 valence electrons. The van der Waals surface area contributed by atoms with Crippen LogP contribution in [0.4, 0.5) is 5.82 Å². The summed E-state index contributed by atoms with van der Waals surface area (Å²) in [5, 5.41) is 4.61. The van der Waals surface area contributed by atoms with Gasteiger partial charge in [0.05, 0.1) is 18.8 Å². The summed E-state index contributed by atoms with van der Waals surface area (Å²) in [4.78, 5) is 23.5. The van der Waals surface area contributed by atoms with Gasteiger partial charge in [0.25, 0.3) is 5.56 Å². The van der Waals surface area contributed by atoms with Gasteiger partial charge in [0.15, 0.2) is 0 Å². The van der Waals surface area contributed by atoms with E-state index >= 15 is 0 Å². The van der Waals surface area contributed by atoms with Crippen LogP contribution < -0.4 is 15.2 Å². The molecule has 0 amide bonds. The molecule has 28 heavy (non-hydrogen) atoms. The first kappa shape index (κ1) is 18.2. The molecule has 4 rings (SSSR count). The minimum atomic E-state index is -0.103. The predicted octanol–water partition coefficient (Wildman–Crippen LogP) is 2.89. The molecule has 7 heteroatoms. The van der Waals surface area contributed by atoms with E-state index in [0.29, 0.717) is 13.1 Å². The van der Waals surface area contributed by atoms with Crippen molar-refractivity contribution in [1.82, 2.24) is 19.7 Å². The van der Waals surface area contributed by atoms with E-state index in [-0.39, 0.29) is 17.5 Å². The van der Waals surface area contributed by atoms with Crippen molar-refractivity contribution in [2.45, 2.75) is 25.8 Å². The van der Waals surface area contributed by atoms with Gasteiger partial charge in [-0.05, 0) is 24.3 Å². The van der Waals surface area contributed by atoms with Crippen molar-refractivity contribution in [1.29, 1.82) is 0 Å². The first-order valence-electron chi connectivity index (χ1n) is 9.38. The summed E-state index contributed by atoms with van der Waals surface area (Å²) < 4.78 is 7.00. The summed E-state index contributed by atoms with van der Waals surface area (Å²) in [6.45, 7) is 5.53. The maximum Gasteiger partial charge on any atom is 0.267 e. The van der Waals surface area contributed by atoms with E-state index < -0.39 is 0 Å². The number of anilines is 1. The summed E-state index contributed by atoms with van der Waals surface area (Å²) in [5.74, 6) is 2.73. The Morgan fingerprint density at radius 3 is 2.64 bits per heavy atom. The number of para-hydroxylation sites is 1. The maximum atomic E-state index is 12.4. The van der Waals surface area contributed by atoms with Crippen LogP contribution in [0.2, 0.25) is 0 Å².